The molecule has 0 aromatic rings. The second-order valence-corrected chi connectivity index (χ2v) is 10.4. The van der Waals surface area contributed by atoms with Crippen molar-refractivity contribution in [2.45, 2.75) is 85.5 Å². The van der Waals surface area contributed by atoms with E-state index in [9.17, 15) is 5.21 Å². The molecule has 0 unspecified atom stereocenters. The third-order valence-electron chi connectivity index (χ3n) is 9.29. The van der Waals surface area contributed by atoms with Crippen molar-refractivity contribution in [2.75, 3.05) is 0 Å². The molecule has 0 amide bonds. The van der Waals surface area contributed by atoms with Crippen LogP contribution < -0.4 is 0 Å². The summed E-state index contributed by atoms with van der Waals surface area (Å²) in [5, 5.41) is 13.2. The molecule has 0 heterocycles. The summed E-state index contributed by atoms with van der Waals surface area (Å²) >= 11 is 0. The number of rotatable bonds is 0. The summed E-state index contributed by atoms with van der Waals surface area (Å²) in [4.78, 5) is 0. The molecule has 4 aliphatic rings. The zero-order valence-corrected chi connectivity index (χ0v) is 15.6. The molecule has 2 nitrogen and oxygen atoms in total. The maximum Gasteiger partial charge on any atom is 0.0630 e. The first-order valence-corrected chi connectivity index (χ1v) is 10.0. The summed E-state index contributed by atoms with van der Waals surface area (Å²) < 4.78 is 0. The summed E-state index contributed by atoms with van der Waals surface area (Å²) in [6, 6.07) is 0. The second-order valence-electron chi connectivity index (χ2n) is 10.4. The van der Waals surface area contributed by atoms with Crippen LogP contribution in [0.15, 0.2) is 5.16 Å². The highest BCUT2D eigenvalue weighted by Gasteiger charge is 2.61. The van der Waals surface area contributed by atoms with Gasteiger partial charge in [0.15, 0.2) is 0 Å². The molecule has 4 saturated carbocycles. The molecule has 4 fully saturated rings. The lowest BCUT2D eigenvalue weighted by atomic mass is 9.41. The molecule has 4 rings (SSSR count). The number of hydrogen-bond donors (Lipinski definition) is 1. The number of fused-ring (bicyclic) bond motifs is 5. The first-order chi connectivity index (χ1) is 10.8. The fraction of sp³-hybridized carbons (Fsp3) is 0.952. The lowest BCUT2D eigenvalue weighted by Crippen LogP contribution is -2.57. The van der Waals surface area contributed by atoms with Crippen molar-refractivity contribution in [2.24, 2.45) is 45.1 Å². The van der Waals surface area contributed by atoms with Crippen LogP contribution in [-0.2, 0) is 0 Å². The second kappa shape index (κ2) is 4.99. The van der Waals surface area contributed by atoms with Crippen molar-refractivity contribution in [1.29, 1.82) is 0 Å². The fourth-order valence-corrected chi connectivity index (χ4v) is 8.08. The Kier molecular flexibility index (Phi) is 3.46. The maximum atomic E-state index is 9.48. The SMILES string of the molecule is CC1(C)/C(=N/O)CC[C@]2(C)[C@H]3CC[C@]4(C)CCC[C@H]4[C@@H]3CC[C@@H]12. The van der Waals surface area contributed by atoms with E-state index in [1.165, 1.54) is 51.4 Å². The topological polar surface area (TPSA) is 32.6 Å². The summed E-state index contributed by atoms with van der Waals surface area (Å²) in [5.74, 6) is 3.58. The lowest BCUT2D eigenvalue weighted by Gasteiger charge is -2.63. The van der Waals surface area contributed by atoms with E-state index < -0.39 is 0 Å². The monoisotopic (exact) mass is 317 g/mol. The highest BCUT2D eigenvalue weighted by Crippen LogP contribution is 2.68. The van der Waals surface area contributed by atoms with Crippen LogP contribution in [0.3, 0.4) is 0 Å². The normalized spacial score (nSPS) is 53.5. The summed E-state index contributed by atoms with van der Waals surface area (Å²) in [5.41, 5.74) is 2.25. The highest BCUT2D eigenvalue weighted by molar-refractivity contribution is 5.90. The van der Waals surface area contributed by atoms with Gasteiger partial charge in [0.1, 0.15) is 0 Å². The molecule has 0 bridgehead atoms. The molecule has 130 valence electrons. The van der Waals surface area contributed by atoms with E-state index in [0.717, 1.165) is 29.9 Å². The van der Waals surface area contributed by atoms with Crippen LogP contribution in [0.1, 0.15) is 85.5 Å². The standard InChI is InChI=1S/C21H35NO/c1-19(2)17-8-7-14-15-6-5-11-20(15,3)12-9-16(14)21(17,4)13-10-18(19)22-23/h14-17,23H,5-13H2,1-4H3/b22-18+/t14-,15-,16-,17-,20-,21+/m0/s1. The van der Waals surface area contributed by atoms with Crippen molar-refractivity contribution in [3.8, 4) is 0 Å². The lowest BCUT2D eigenvalue weighted by molar-refractivity contribution is -0.116. The third-order valence-corrected chi connectivity index (χ3v) is 9.29. The van der Waals surface area contributed by atoms with Gasteiger partial charge in [-0.25, -0.2) is 0 Å². The molecule has 6 atom stereocenters. The van der Waals surface area contributed by atoms with Crippen molar-refractivity contribution >= 4 is 5.71 Å². The van der Waals surface area contributed by atoms with E-state index >= 15 is 0 Å². The van der Waals surface area contributed by atoms with Crippen LogP contribution in [0, 0.1) is 39.9 Å². The summed E-state index contributed by atoms with van der Waals surface area (Å²) in [6.07, 6.45) is 12.4. The molecule has 0 aromatic carbocycles. The molecule has 1 N–H and O–H groups in total. The Labute approximate surface area is 142 Å². The molecule has 0 aromatic heterocycles. The van der Waals surface area contributed by atoms with Gasteiger partial charge in [-0.3, -0.25) is 0 Å². The van der Waals surface area contributed by atoms with E-state index in [-0.39, 0.29) is 5.41 Å². The quantitative estimate of drug-likeness (QED) is 0.439. The Morgan fingerprint density at radius 3 is 2.43 bits per heavy atom. The van der Waals surface area contributed by atoms with Crippen molar-refractivity contribution in [3.63, 3.8) is 0 Å². The van der Waals surface area contributed by atoms with Gasteiger partial charge in [-0.05, 0) is 85.9 Å². The average Bonchev–Trinajstić information content (AvgIpc) is 2.88. The van der Waals surface area contributed by atoms with Crippen LogP contribution >= 0.6 is 0 Å². The molecule has 0 spiro atoms. The van der Waals surface area contributed by atoms with E-state index in [1.54, 1.807) is 0 Å². The van der Waals surface area contributed by atoms with Gasteiger partial charge in [0.05, 0.1) is 5.71 Å². The smallest absolute Gasteiger partial charge is 0.0630 e. The van der Waals surface area contributed by atoms with E-state index in [1.807, 2.05) is 0 Å². The van der Waals surface area contributed by atoms with Crippen molar-refractivity contribution < 1.29 is 5.21 Å². The predicted molar refractivity (Wildman–Crippen MR) is 94.7 cm³/mol. The number of nitrogens with zero attached hydrogens (tertiary/aromatic N) is 1. The Balaban J connectivity index is 1.68. The Morgan fingerprint density at radius 1 is 0.913 bits per heavy atom. The zero-order valence-electron chi connectivity index (χ0n) is 15.6. The van der Waals surface area contributed by atoms with Crippen LogP contribution in [0.5, 0.6) is 0 Å². The third kappa shape index (κ3) is 2.02. The molecule has 0 aliphatic heterocycles. The number of oxime groups is 1. The highest BCUT2D eigenvalue weighted by atomic mass is 16.4. The van der Waals surface area contributed by atoms with Crippen molar-refractivity contribution in [3.05, 3.63) is 0 Å². The first kappa shape index (κ1) is 16.0. The molecule has 2 heteroatoms. The summed E-state index contributed by atoms with van der Waals surface area (Å²) in [6.45, 7) is 9.87. The van der Waals surface area contributed by atoms with Gasteiger partial charge in [-0.2, -0.15) is 0 Å². The Morgan fingerprint density at radius 2 is 1.70 bits per heavy atom. The van der Waals surface area contributed by atoms with Crippen LogP contribution in [0.25, 0.3) is 0 Å². The van der Waals surface area contributed by atoms with Gasteiger partial charge < -0.3 is 5.21 Å². The molecule has 0 radical (unpaired) electrons. The van der Waals surface area contributed by atoms with E-state index in [4.69, 9.17) is 0 Å². The van der Waals surface area contributed by atoms with Gasteiger partial charge in [0.2, 0.25) is 0 Å². The number of hydrogen-bond acceptors (Lipinski definition) is 2. The maximum absolute atomic E-state index is 9.48. The zero-order chi connectivity index (χ0) is 16.5. The van der Waals surface area contributed by atoms with Gasteiger partial charge in [0, 0.05) is 5.41 Å². The van der Waals surface area contributed by atoms with Crippen LogP contribution in [0.4, 0.5) is 0 Å². The van der Waals surface area contributed by atoms with Gasteiger partial charge in [0.25, 0.3) is 0 Å². The molecular weight excluding hydrogens is 282 g/mol. The molecule has 23 heavy (non-hydrogen) atoms. The Hall–Kier alpha value is -0.530. The molecule has 0 saturated heterocycles. The van der Waals surface area contributed by atoms with Gasteiger partial charge in [-0.15, -0.1) is 0 Å². The van der Waals surface area contributed by atoms with Crippen LogP contribution in [0.2, 0.25) is 0 Å². The minimum atomic E-state index is 0.0726. The minimum Gasteiger partial charge on any atom is -0.411 e. The van der Waals surface area contributed by atoms with Gasteiger partial charge in [-0.1, -0.05) is 39.3 Å². The van der Waals surface area contributed by atoms with E-state index in [2.05, 4.69) is 32.9 Å². The fourth-order valence-electron chi connectivity index (χ4n) is 8.08. The summed E-state index contributed by atoms with van der Waals surface area (Å²) in [7, 11) is 0. The predicted octanol–water partition coefficient (Wildman–Crippen LogP) is 5.89. The minimum absolute atomic E-state index is 0.0726. The van der Waals surface area contributed by atoms with Crippen LogP contribution in [-0.4, -0.2) is 10.9 Å². The molecular formula is C21H35NO. The molecule has 4 aliphatic carbocycles. The van der Waals surface area contributed by atoms with Gasteiger partial charge >= 0.3 is 0 Å². The van der Waals surface area contributed by atoms with Crippen molar-refractivity contribution in [1.82, 2.24) is 0 Å². The average molecular weight is 318 g/mol. The first-order valence-electron chi connectivity index (χ1n) is 10.0. The largest absolute Gasteiger partial charge is 0.411 e. The Bertz CT molecular complexity index is 524. The van der Waals surface area contributed by atoms with E-state index in [0.29, 0.717) is 16.7 Å².